The molecule has 15 heteroatoms. The summed E-state index contributed by atoms with van der Waals surface area (Å²) in [5.41, 5.74) is 0.896. The van der Waals surface area contributed by atoms with Crippen molar-refractivity contribution in [2.75, 3.05) is 13.7 Å². The number of amides is 1. The lowest BCUT2D eigenvalue weighted by atomic mass is 9.94. The number of aromatic hydroxyl groups is 1. The number of hydrogen-bond acceptors (Lipinski definition) is 12. The van der Waals surface area contributed by atoms with Crippen LogP contribution in [0.25, 0.3) is 11.3 Å². The summed E-state index contributed by atoms with van der Waals surface area (Å²) < 4.78 is 23.2. The van der Waals surface area contributed by atoms with Gasteiger partial charge < -0.3 is 29.4 Å². The van der Waals surface area contributed by atoms with Crippen LogP contribution in [0, 0.1) is 11.8 Å². The van der Waals surface area contributed by atoms with Crippen LogP contribution >= 0.6 is 11.6 Å². The largest absolute Gasteiger partial charge is 0.503 e. The molecular formula is C29H32ClN5O9. The minimum atomic E-state index is -1.46. The summed E-state index contributed by atoms with van der Waals surface area (Å²) in [7, 11) is 1.30. The first-order valence-electron chi connectivity index (χ1n) is 13.7. The van der Waals surface area contributed by atoms with E-state index < -0.39 is 72.0 Å². The number of aromatic nitrogens is 4. The number of rotatable bonds is 9. The van der Waals surface area contributed by atoms with Gasteiger partial charge >= 0.3 is 17.9 Å². The molecule has 44 heavy (non-hydrogen) atoms. The van der Waals surface area contributed by atoms with Crippen molar-refractivity contribution in [3.05, 3.63) is 53.4 Å². The highest BCUT2D eigenvalue weighted by atomic mass is 35.5. The summed E-state index contributed by atoms with van der Waals surface area (Å²) >= 11 is 6.09. The van der Waals surface area contributed by atoms with Crippen LogP contribution in [0.5, 0.6) is 11.5 Å². The van der Waals surface area contributed by atoms with Crippen molar-refractivity contribution in [3.63, 3.8) is 0 Å². The van der Waals surface area contributed by atoms with Crippen molar-refractivity contribution >= 4 is 35.4 Å². The number of cyclic esters (lactones) is 2. The topological polar surface area (TPSA) is 181 Å². The summed E-state index contributed by atoms with van der Waals surface area (Å²) in [5.74, 6) is -5.43. The fraction of sp³-hybridized carbons (Fsp3) is 0.414. The van der Waals surface area contributed by atoms with E-state index in [1.807, 2.05) is 6.07 Å². The van der Waals surface area contributed by atoms with E-state index in [1.165, 1.54) is 31.0 Å². The number of nitrogens with zero attached hydrogens (tertiary/aromatic N) is 4. The molecule has 1 aromatic carbocycles. The molecule has 4 rings (SSSR count). The van der Waals surface area contributed by atoms with Gasteiger partial charge in [0.2, 0.25) is 0 Å². The Hall–Kier alpha value is -4.72. The Morgan fingerprint density at radius 2 is 2.00 bits per heavy atom. The SMILES string of the molecule is COc1ccnc(C(=O)NC2COC(=O)C(CCn3cc(-c4cccc(Cl)c4)nn3)C(OC(=O)C(C)C)C(C)OC2=O)c1O. The molecule has 0 radical (unpaired) electrons. The van der Waals surface area contributed by atoms with Crippen molar-refractivity contribution in [3.8, 4) is 22.8 Å². The molecule has 1 aliphatic rings. The number of pyridine rings is 1. The molecule has 3 aromatic rings. The monoisotopic (exact) mass is 629 g/mol. The molecule has 2 N–H and O–H groups in total. The number of halogens is 1. The lowest BCUT2D eigenvalue weighted by Gasteiger charge is -2.29. The number of carbonyl (C=O) groups excluding carboxylic acids is 4. The molecular weight excluding hydrogens is 598 g/mol. The zero-order valence-corrected chi connectivity index (χ0v) is 25.2. The van der Waals surface area contributed by atoms with Gasteiger partial charge in [-0.15, -0.1) is 5.10 Å². The average Bonchev–Trinajstić information content (AvgIpc) is 3.47. The molecule has 0 saturated carbocycles. The molecule has 0 spiro atoms. The van der Waals surface area contributed by atoms with Crippen LogP contribution in [-0.4, -0.2) is 80.9 Å². The van der Waals surface area contributed by atoms with Crippen LogP contribution in [0.4, 0.5) is 0 Å². The third-order valence-electron chi connectivity index (χ3n) is 6.82. The van der Waals surface area contributed by atoms with Crippen molar-refractivity contribution in [1.29, 1.82) is 0 Å². The van der Waals surface area contributed by atoms with E-state index in [0.717, 1.165) is 5.56 Å². The maximum atomic E-state index is 13.4. The van der Waals surface area contributed by atoms with E-state index in [4.69, 9.17) is 30.5 Å². The summed E-state index contributed by atoms with van der Waals surface area (Å²) in [6.45, 7) is 4.31. The second-order valence-corrected chi connectivity index (χ2v) is 10.8. The number of methoxy groups -OCH3 is 1. The zero-order valence-electron chi connectivity index (χ0n) is 24.4. The van der Waals surface area contributed by atoms with Gasteiger partial charge in [0.05, 0.1) is 25.1 Å². The van der Waals surface area contributed by atoms with Gasteiger partial charge in [0.1, 0.15) is 18.4 Å². The van der Waals surface area contributed by atoms with Gasteiger partial charge in [-0.1, -0.05) is 42.8 Å². The molecule has 4 unspecified atom stereocenters. The van der Waals surface area contributed by atoms with E-state index in [2.05, 4.69) is 20.6 Å². The van der Waals surface area contributed by atoms with Crippen LogP contribution in [0.1, 0.15) is 37.7 Å². The van der Waals surface area contributed by atoms with Gasteiger partial charge in [0.25, 0.3) is 5.91 Å². The third-order valence-corrected chi connectivity index (χ3v) is 7.06. The Labute approximate surface area is 257 Å². The summed E-state index contributed by atoms with van der Waals surface area (Å²) in [4.78, 5) is 55.9. The van der Waals surface area contributed by atoms with Gasteiger partial charge in [-0.3, -0.25) is 19.1 Å². The van der Waals surface area contributed by atoms with E-state index in [1.54, 1.807) is 38.2 Å². The van der Waals surface area contributed by atoms with E-state index in [9.17, 15) is 24.3 Å². The van der Waals surface area contributed by atoms with Crippen molar-refractivity contribution in [2.24, 2.45) is 11.8 Å². The first kappa shape index (κ1) is 32.2. The quantitative estimate of drug-likeness (QED) is 0.261. The molecule has 4 atom stereocenters. The summed E-state index contributed by atoms with van der Waals surface area (Å²) in [6, 6.07) is 6.97. The number of carbonyl (C=O) groups is 4. The lowest BCUT2D eigenvalue weighted by Crippen LogP contribution is -2.46. The second-order valence-electron chi connectivity index (χ2n) is 10.3. The molecule has 0 bridgehead atoms. The van der Waals surface area contributed by atoms with E-state index in [0.29, 0.717) is 10.7 Å². The van der Waals surface area contributed by atoms with Crippen molar-refractivity contribution < 1.29 is 43.2 Å². The standard InChI is InChI=1S/C29H32ClN5O9/c1-15(2)27(38)44-25-16(3)43-29(40)21(32-26(37)23-24(36)22(41-4)8-10-31-23)14-42-28(39)19(25)9-11-35-13-20(33-34-35)17-6-5-7-18(30)12-17/h5-8,10,12-13,15-16,19,21,25,36H,9,11,14H2,1-4H3,(H,32,37). The molecule has 1 saturated heterocycles. The number of esters is 3. The highest BCUT2D eigenvalue weighted by Gasteiger charge is 2.42. The Balaban J connectivity index is 1.54. The molecule has 1 aliphatic heterocycles. The second kappa shape index (κ2) is 14.2. The van der Waals surface area contributed by atoms with Crippen LogP contribution < -0.4 is 10.1 Å². The molecule has 3 heterocycles. The van der Waals surface area contributed by atoms with E-state index >= 15 is 0 Å². The Morgan fingerprint density at radius 1 is 1.23 bits per heavy atom. The normalized spacial score (nSPS) is 20.5. The van der Waals surface area contributed by atoms with Gasteiger partial charge in [-0.2, -0.15) is 0 Å². The maximum absolute atomic E-state index is 13.4. The van der Waals surface area contributed by atoms with Gasteiger partial charge in [0, 0.05) is 29.4 Å². The predicted molar refractivity (Wildman–Crippen MR) is 154 cm³/mol. The fourth-order valence-corrected chi connectivity index (χ4v) is 4.61. The Morgan fingerprint density at radius 3 is 2.70 bits per heavy atom. The molecule has 0 aliphatic carbocycles. The van der Waals surface area contributed by atoms with Crippen LogP contribution in [-0.2, 0) is 35.1 Å². The molecule has 14 nitrogen and oxygen atoms in total. The number of hydrogen-bond donors (Lipinski definition) is 2. The zero-order chi connectivity index (χ0) is 32.0. The first-order valence-corrected chi connectivity index (χ1v) is 14.1. The highest BCUT2D eigenvalue weighted by Crippen LogP contribution is 2.28. The lowest BCUT2D eigenvalue weighted by molar-refractivity contribution is -0.177. The number of nitrogens with one attached hydrogen (secondary N) is 1. The summed E-state index contributed by atoms with van der Waals surface area (Å²) in [6.07, 6.45) is 0.672. The Bertz CT molecular complexity index is 1530. The molecule has 234 valence electrons. The molecule has 1 fully saturated rings. The van der Waals surface area contributed by atoms with E-state index in [-0.39, 0.29) is 18.7 Å². The van der Waals surface area contributed by atoms with Crippen LogP contribution in [0.15, 0.2) is 42.7 Å². The van der Waals surface area contributed by atoms with Crippen LogP contribution in [0.2, 0.25) is 5.02 Å². The average molecular weight is 630 g/mol. The maximum Gasteiger partial charge on any atom is 0.332 e. The van der Waals surface area contributed by atoms with Gasteiger partial charge in [-0.25, -0.2) is 9.78 Å². The number of benzene rings is 1. The smallest absolute Gasteiger partial charge is 0.332 e. The van der Waals surface area contributed by atoms with Crippen molar-refractivity contribution in [1.82, 2.24) is 25.3 Å². The Kier molecular flexibility index (Phi) is 10.4. The first-order chi connectivity index (χ1) is 21.0. The van der Waals surface area contributed by atoms with Crippen molar-refractivity contribution in [2.45, 2.75) is 52.0 Å². The number of ether oxygens (including phenoxy) is 4. The van der Waals surface area contributed by atoms with Gasteiger partial charge in [0.15, 0.2) is 29.3 Å². The summed E-state index contributed by atoms with van der Waals surface area (Å²) in [5, 5.41) is 21.5. The number of aryl methyl sites for hydroxylation is 1. The van der Waals surface area contributed by atoms with Gasteiger partial charge in [-0.05, 0) is 25.5 Å². The fourth-order valence-electron chi connectivity index (χ4n) is 4.42. The molecule has 1 amide bonds. The predicted octanol–water partition coefficient (Wildman–Crippen LogP) is 2.57. The minimum absolute atomic E-state index is 0.00744. The molecule has 2 aromatic heterocycles. The minimum Gasteiger partial charge on any atom is -0.503 e. The third kappa shape index (κ3) is 7.61. The van der Waals surface area contributed by atoms with Crippen LogP contribution in [0.3, 0.4) is 0 Å². The highest BCUT2D eigenvalue weighted by molar-refractivity contribution is 6.30.